The van der Waals surface area contributed by atoms with Crippen molar-refractivity contribution in [3.63, 3.8) is 0 Å². The van der Waals surface area contributed by atoms with E-state index in [1.54, 1.807) is 6.07 Å². The summed E-state index contributed by atoms with van der Waals surface area (Å²) in [7, 11) is 0. The van der Waals surface area contributed by atoms with E-state index in [0.29, 0.717) is 5.39 Å². The van der Waals surface area contributed by atoms with Gasteiger partial charge in [0.1, 0.15) is 11.3 Å². The maximum atomic E-state index is 13.4. The predicted molar refractivity (Wildman–Crippen MR) is 55.8 cm³/mol. The largest absolute Gasteiger partial charge is 0.543 e. The third-order valence-electron chi connectivity index (χ3n) is 2.32. The number of benzene rings is 1. The lowest BCUT2D eigenvalue weighted by Crippen LogP contribution is -2.25. The van der Waals surface area contributed by atoms with Crippen molar-refractivity contribution < 1.29 is 14.3 Å². The molecule has 0 unspecified atom stereocenters. The molecule has 16 heavy (non-hydrogen) atoms. The topological polar surface area (TPSA) is 53.0 Å². The maximum absolute atomic E-state index is 13.4. The number of rotatable bonds is 1. The summed E-state index contributed by atoms with van der Waals surface area (Å²) in [5.41, 5.74) is -0.111. The Kier molecular flexibility index (Phi) is 2.52. The van der Waals surface area contributed by atoms with Gasteiger partial charge in [0.2, 0.25) is 0 Å². The molecule has 0 amide bonds. The number of nitrogens with zero attached hydrogens (tertiary/aromatic N) is 1. The molecule has 82 valence electrons. The Labute approximate surface area is 95.5 Å². The van der Waals surface area contributed by atoms with E-state index in [4.69, 9.17) is 11.6 Å². The summed E-state index contributed by atoms with van der Waals surface area (Å²) < 4.78 is 13.4. The Morgan fingerprint density at radius 2 is 2.19 bits per heavy atom. The molecule has 0 saturated heterocycles. The highest BCUT2D eigenvalue weighted by molar-refractivity contribution is 6.36. The van der Waals surface area contributed by atoms with Crippen LogP contribution in [0.2, 0.25) is 5.02 Å². The highest BCUT2D eigenvalue weighted by atomic mass is 35.5. The summed E-state index contributed by atoms with van der Waals surface area (Å²) in [5.74, 6) is -2.08. The van der Waals surface area contributed by atoms with Crippen LogP contribution in [0.4, 0.5) is 4.39 Å². The molecular weight excluding hydrogens is 233 g/mol. The number of hydrogen-bond acceptors (Lipinski definition) is 3. The third kappa shape index (κ3) is 1.51. The van der Waals surface area contributed by atoms with Crippen molar-refractivity contribution in [1.29, 1.82) is 0 Å². The molecule has 5 heteroatoms. The molecule has 0 aliphatic carbocycles. The number of aromatic nitrogens is 1. The number of carboxylic acid groups (broad SMARTS) is 1. The van der Waals surface area contributed by atoms with Crippen LogP contribution >= 0.6 is 11.6 Å². The van der Waals surface area contributed by atoms with Gasteiger partial charge in [-0.1, -0.05) is 23.7 Å². The van der Waals surface area contributed by atoms with Gasteiger partial charge in [-0.05, 0) is 18.6 Å². The Morgan fingerprint density at radius 1 is 1.50 bits per heavy atom. The molecule has 1 aromatic heterocycles. The number of pyridine rings is 1. The molecule has 0 radical (unpaired) electrons. The molecule has 0 bridgehead atoms. The second-order valence-electron chi connectivity index (χ2n) is 3.32. The van der Waals surface area contributed by atoms with Crippen LogP contribution in [0.3, 0.4) is 0 Å². The molecule has 0 saturated carbocycles. The molecule has 0 N–H and O–H groups in total. The first-order valence-electron chi connectivity index (χ1n) is 4.48. The molecular formula is C11H6ClFNO2-. The van der Waals surface area contributed by atoms with E-state index in [1.165, 1.54) is 19.1 Å². The first kappa shape index (κ1) is 10.8. The van der Waals surface area contributed by atoms with E-state index >= 15 is 0 Å². The van der Waals surface area contributed by atoms with Crippen molar-refractivity contribution >= 4 is 28.5 Å². The molecule has 0 fully saturated rings. The fourth-order valence-corrected chi connectivity index (χ4v) is 1.75. The molecule has 3 nitrogen and oxygen atoms in total. The van der Waals surface area contributed by atoms with Gasteiger partial charge in [0.05, 0.1) is 16.7 Å². The van der Waals surface area contributed by atoms with E-state index in [0.717, 1.165) is 0 Å². The van der Waals surface area contributed by atoms with E-state index in [1.807, 2.05) is 0 Å². The summed E-state index contributed by atoms with van der Waals surface area (Å²) in [6.07, 6.45) is 0. The van der Waals surface area contributed by atoms with E-state index < -0.39 is 11.8 Å². The minimum absolute atomic E-state index is 0.0581. The molecule has 0 aliphatic rings. The van der Waals surface area contributed by atoms with Crippen LogP contribution in [0.25, 0.3) is 10.9 Å². The van der Waals surface area contributed by atoms with Gasteiger partial charge in [-0.25, -0.2) is 9.37 Å². The smallest absolute Gasteiger partial charge is 0.149 e. The normalized spacial score (nSPS) is 10.7. The lowest BCUT2D eigenvalue weighted by molar-refractivity contribution is -0.255. The third-order valence-corrected chi connectivity index (χ3v) is 2.81. The highest BCUT2D eigenvalue weighted by Crippen LogP contribution is 2.28. The molecule has 0 aliphatic heterocycles. The summed E-state index contributed by atoms with van der Waals surface area (Å²) in [4.78, 5) is 14.5. The summed E-state index contributed by atoms with van der Waals surface area (Å²) in [5, 5.41) is 11.4. The number of para-hydroxylation sites is 1. The average Bonchev–Trinajstić information content (AvgIpc) is 2.23. The summed E-state index contributed by atoms with van der Waals surface area (Å²) in [6, 6.07) is 4.27. The first-order chi connectivity index (χ1) is 7.52. The first-order valence-corrected chi connectivity index (χ1v) is 4.86. The maximum Gasteiger partial charge on any atom is 0.149 e. The van der Waals surface area contributed by atoms with Crippen LogP contribution in [0.15, 0.2) is 18.2 Å². The predicted octanol–water partition coefficient (Wildman–Crippen LogP) is 1.70. The number of aromatic carboxylic acids is 1. The zero-order valence-electron chi connectivity index (χ0n) is 8.25. The summed E-state index contributed by atoms with van der Waals surface area (Å²) >= 11 is 5.95. The van der Waals surface area contributed by atoms with Crippen molar-refractivity contribution in [2.24, 2.45) is 0 Å². The molecule has 2 rings (SSSR count). The van der Waals surface area contributed by atoms with Gasteiger partial charge < -0.3 is 9.90 Å². The van der Waals surface area contributed by atoms with Crippen LogP contribution in [-0.2, 0) is 0 Å². The number of carbonyl (C=O) groups is 1. The van der Waals surface area contributed by atoms with Crippen LogP contribution < -0.4 is 5.11 Å². The van der Waals surface area contributed by atoms with Gasteiger partial charge in [0.25, 0.3) is 0 Å². The van der Waals surface area contributed by atoms with Crippen molar-refractivity contribution in [2.45, 2.75) is 6.92 Å². The number of halogens is 2. The van der Waals surface area contributed by atoms with Crippen LogP contribution in [-0.4, -0.2) is 11.0 Å². The lowest BCUT2D eigenvalue weighted by Gasteiger charge is -2.10. The lowest BCUT2D eigenvalue weighted by atomic mass is 10.1. The van der Waals surface area contributed by atoms with Gasteiger partial charge in [-0.15, -0.1) is 0 Å². The quantitative estimate of drug-likeness (QED) is 0.760. The zero-order valence-corrected chi connectivity index (χ0v) is 9.01. The van der Waals surface area contributed by atoms with Crippen molar-refractivity contribution in [2.75, 3.05) is 0 Å². The van der Waals surface area contributed by atoms with Crippen LogP contribution in [0, 0.1) is 12.7 Å². The average molecular weight is 239 g/mol. The van der Waals surface area contributed by atoms with Gasteiger partial charge in [0, 0.05) is 5.39 Å². The standard InChI is InChI=1S/C11H7ClFNO2/c1-5-8(12)6-3-2-4-7(13)10(6)14-9(5)11(15)16/h2-4H,1H3,(H,15,16)/p-1. The molecule has 1 aromatic carbocycles. The molecule has 2 aromatic rings. The van der Waals surface area contributed by atoms with Gasteiger partial charge >= 0.3 is 0 Å². The number of carbonyl (C=O) groups excluding carboxylic acids is 1. The van der Waals surface area contributed by atoms with Gasteiger partial charge in [-0.3, -0.25) is 0 Å². The van der Waals surface area contributed by atoms with Gasteiger partial charge in [-0.2, -0.15) is 0 Å². The second-order valence-corrected chi connectivity index (χ2v) is 3.70. The zero-order chi connectivity index (χ0) is 11.9. The van der Waals surface area contributed by atoms with Crippen molar-refractivity contribution in [3.8, 4) is 0 Å². The van der Waals surface area contributed by atoms with Crippen LogP contribution in [0.5, 0.6) is 0 Å². The molecule has 1 heterocycles. The van der Waals surface area contributed by atoms with Crippen molar-refractivity contribution in [3.05, 3.63) is 40.3 Å². The Bertz CT molecular complexity index is 598. The molecule has 0 spiro atoms. The number of carboxylic acids is 1. The second kappa shape index (κ2) is 3.72. The fraction of sp³-hybridized carbons (Fsp3) is 0.0909. The minimum Gasteiger partial charge on any atom is -0.543 e. The van der Waals surface area contributed by atoms with Crippen molar-refractivity contribution in [1.82, 2.24) is 4.98 Å². The summed E-state index contributed by atoms with van der Waals surface area (Å²) in [6.45, 7) is 1.50. The Morgan fingerprint density at radius 3 is 2.81 bits per heavy atom. The number of hydrogen-bond donors (Lipinski definition) is 0. The highest BCUT2D eigenvalue weighted by Gasteiger charge is 2.12. The van der Waals surface area contributed by atoms with E-state index in [2.05, 4.69) is 4.98 Å². The van der Waals surface area contributed by atoms with Crippen LogP contribution in [0.1, 0.15) is 16.1 Å². The number of fused-ring (bicyclic) bond motifs is 1. The Balaban J connectivity index is 2.94. The van der Waals surface area contributed by atoms with E-state index in [9.17, 15) is 14.3 Å². The monoisotopic (exact) mass is 238 g/mol. The Hall–Kier alpha value is -1.68. The fourth-order valence-electron chi connectivity index (χ4n) is 1.51. The minimum atomic E-state index is -1.47. The van der Waals surface area contributed by atoms with E-state index in [-0.39, 0.29) is 21.8 Å². The molecule has 0 atom stereocenters. The van der Waals surface area contributed by atoms with Gasteiger partial charge in [0.15, 0.2) is 0 Å². The SMILES string of the molecule is Cc1c(C(=O)[O-])nc2c(F)cccc2c1Cl.